The van der Waals surface area contributed by atoms with Gasteiger partial charge in [-0.15, -0.1) is 0 Å². The Morgan fingerprint density at radius 3 is 2.41 bits per heavy atom. The molecule has 0 bridgehead atoms. The molecule has 0 radical (unpaired) electrons. The molecule has 1 saturated carbocycles. The smallest absolute Gasteiger partial charge is 0.297 e. The molecule has 2 fully saturated rings. The van der Waals surface area contributed by atoms with Crippen molar-refractivity contribution in [2.75, 3.05) is 39.7 Å². The lowest BCUT2D eigenvalue weighted by Crippen LogP contribution is -2.32. The first kappa shape index (κ1) is 37.7. The second kappa shape index (κ2) is 16.1. The minimum absolute atomic E-state index is 0.232. The van der Waals surface area contributed by atoms with Crippen LogP contribution in [-0.4, -0.2) is 86.1 Å². The standard InChI is InChI=1S/C43H48F2N8O3/c1-26-31(32-13-9-15-37-33(32)22-47-53(37)29-19-38(55-3)34(39(20-29)56-4)25-52-17-16-30(54)24-52)12-8-14-35(26)48-42-40-36(49-43(50-42)41(44)45)18-27(21-46-40)23-51(2)28-10-6-5-7-11-28/h8-9,12-15,18-22,28,30,41,54H,5-7,10-11,16-17,23-25H2,1-4H3,(H,48,49,50). The normalized spacial score (nSPS) is 16.8. The molecular weight excluding hydrogens is 715 g/mol. The SMILES string of the molecule is COc1cc(-n2ncc3c(-c4cccc(Nc5nc(C(F)F)nc6cc(CN(C)C7CCCCC7)cnc56)c4C)cccc32)cc(OC)c1CN1CCC(O)C1. The van der Waals surface area contributed by atoms with E-state index in [1.807, 2.05) is 66.3 Å². The van der Waals surface area contributed by atoms with Crippen LogP contribution in [0.5, 0.6) is 11.5 Å². The van der Waals surface area contributed by atoms with Gasteiger partial charge in [0.1, 0.15) is 17.0 Å². The summed E-state index contributed by atoms with van der Waals surface area (Å²) in [5.41, 5.74) is 7.86. The number of β-amino-alcohol motifs (C(OH)–C–C–N with tert-alkyl or cyclic N) is 1. The minimum atomic E-state index is -2.84. The van der Waals surface area contributed by atoms with E-state index in [1.54, 1.807) is 20.4 Å². The van der Waals surface area contributed by atoms with E-state index in [9.17, 15) is 13.9 Å². The van der Waals surface area contributed by atoms with Crippen LogP contribution < -0.4 is 14.8 Å². The third-order valence-electron chi connectivity index (χ3n) is 11.4. The molecule has 1 atom stereocenters. The number of aromatic nitrogens is 5. The summed E-state index contributed by atoms with van der Waals surface area (Å²) in [6, 6.07) is 18.3. The maximum absolute atomic E-state index is 14.2. The van der Waals surface area contributed by atoms with E-state index in [4.69, 9.17) is 19.6 Å². The fraction of sp³-hybridized carbons (Fsp3) is 0.395. The summed E-state index contributed by atoms with van der Waals surface area (Å²) in [5.74, 6) is 1.05. The highest BCUT2D eigenvalue weighted by molar-refractivity contribution is 5.97. The summed E-state index contributed by atoms with van der Waals surface area (Å²) >= 11 is 0. The van der Waals surface area contributed by atoms with Gasteiger partial charge in [0, 0.05) is 61.6 Å². The first-order chi connectivity index (χ1) is 27.2. The summed E-state index contributed by atoms with van der Waals surface area (Å²) in [6.45, 7) is 4.68. The van der Waals surface area contributed by atoms with Gasteiger partial charge < -0.3 is 19.9 Å². The van der Waals surface area contributed by atoms with Gasteiger partial charge in [0.15, 0.2) is 11.6 Å². The zero-order valence-corrected chi connectivity index (χ0v) is 32.3. The van der Waals surface area contributed by atoms with Crippen LogP contribution in [0.15, 0.2) is 67.0 Å². The van der Waals surface area contributed by atoms with E-state index in [1.165, 1.54) is 32.1 Å². The maximum Gasteiger partial charge on any atom is 0.297 e. The number of hydrogen-bond donors (Lipinski definition) is 2. The Bertz CT molecular complexity index is 2340. The predicted octanol–water partition coefficient (Wildman–Crippen LogP) is 8.37. The molecule has 0 spiro atoms. The second-order valence-corrected chi connectivity index (χ2v) is 15.1. The van der Waals surface area contributed by atoms with Crippen molar-refractivity contribution in [1.82, 2.24) is 34.5 Å². The molecule has 0 amide bonds. The van der Waals surface area contributed by atoms with Crippen LogP contribution in [0.1, 0.15) is 67.5 Å². The van der Waals surface area contributed by atoms with Crippen molar-refractivity contribution in [3.05, 3.63) is 89.5 Å². The summed E-state index contributed by atoms with van der Waals surface area (Å²) in [7, 11) is 5.41. The number of nitrogens with zero attached hydrogens (tertiary/aromatic N) is 7. The molecule has 11 nitrogen and oxygen atoms in total. The van der Waals surface area contributed by atoms with Crippen molar-refractivity contribution in [3.8, 4) is 28.3 Å². The van der Waals surface area contributed by atoms with Crippen LogP contribution in [0.4, 0.5) is 20.3 Å². The van der Waals surface area contributed by atoms with Crippen LogP contribution in [0, 0.1) is 6.92 Å². The lowest BCUT2D eigenvalue weighted by molar-refractivity contribution is 0.141. The maximum atomic E-state index is 14.2. The predicted molar refractivity (Wildman–Crippen MR) is 214 cm³/mol. The van der Waals surface area contributed by atoms with Crippen molar-refractivity contribution in [2.45, 2.75) is 77.1 Å². The summed E-state index contributed by atoms with van der Waals surface area (Å²) < 4.78 is 42.0. The van der Waals surface area contributed by atoms with Crippen molar-refractivity contribution in [3.63, 3.8) is 0 Å². The lowest BCUT2D eigenvalue weighted by Gasteiger charge is -2.31. The van der Waals surface area contributed by atoms with Gasteiger partial charge in [-0.05, 0) is 73.7 Å². The number of methoxy groups -OCH3 is 2. The molecule has 2 N–H and O–H groups in total. The minimum Gasteiger partial charge on any atom is -0.496 e. The number of aliphatic hydroxyl groups is 1. The van der Waals surface area contributed by atoms with Gasteiger partial charge >= 0.3 is 0 Å². The lowest BCUT2D eigenvalue weighted by atomic mass is 9.94. The fourth-order valence-electron chi connectivity index (χ4n) is 8.40. The Hall–Kier alpha value is -5.24. The van der Waals surface area contributed by atoms with Gasteiger partial charge in [0.05, 0.1) is 48.8 Å². The van der Waals surface area contributed by atoms with Crippen LogP contribution in [-0.2, 0) is 13.1 Å². The Balaban J connectivity index is 1.11. The van der Waals surface area contributed by atoms with E-state index in [-0.39, 0.29) is 11.9 Å². The number of fused-ring (bicyclic) bond motifs is 2. The van der Waals surface area contributed by atoms with Crippen LogP contribution in [0.25, 0.3) is 38.8 Å². The van der Waals surface area contributed by atoms with Gasteiger partial charge in [-0.25, -0.2) is 23.4 Å². The number of pyridine rings is 1. The molecule has 1 aliphatic carbocycles. The molecule has 292 valence electrons. The third kappa shape index (κ3) is 7.50. The Morgan fingerprint density at radius 1 is 0.946 bits per heavy atom. The molecule has 1 saturated heterocycles. The van der Waals surface area contributed by atoms with Crippen molar-refractivity contribution < 1.29 is 23.4 Å². The van der Waals surface area contributed by atoms with E-state index in [0.717, 1.165) is 57.4 Å². The second-order valence-electron chi connectivity index (χ2n) is 15.1. The zero-order chi connectivity index (χ0) is 38.9. The zero-order valence-electron chi connectivity index (χ0n) is 32.3. The molecule has 4 heterocycles. The van der Waals surface area contributed by atoms with E-state index >= 15 is 0 Å². The highest BCUT2D eigenvalue weighted by Crippen LogP contribution is 2.39. The molecule has 2 aliphatic rings. The molecule has 8 rings (SSSR count). The molecule has 1 aliphatic heterocycles. The Labute approximate surface area is 325 Å². The first-order valence-electron chi connectivity index (χ1n) is 19.3. The monoisotopic (exact) mass is 762 g/mol. The van der Waals surface area contributed by atoms with Crippen LogP contribution in [0.3, 0.4) is 0 Å². The molecule has 3 aromatic heterocycles. The van der Waals surface area contributed by atoms with Crippen molar-refractivity contribution >= 4 is 33.4 Å². The fourth-order valence-corrected chi connectivity index (χ4v) is 8.40. The van der Waals surface area contributed by atoms with E-state index < -0.39 is 12.2 Å². The van der Waals surface area contributed by atoms with Crippen LogP contribution >= 0.6 is 0 Å². The van der Waals surface area contributed by atoms with Gasteiger partial charge in [-0.1, -0.05) is 43.5 Å². The number of nitrogens with one attached hydrogen (secondary N) is 1. The highest BCUT2D eigenvalue weighted by atomic mass is 19.3. The average Bonchev–Trinajstić information content (AvgIpc) is 3.84. The van der Waals surface area contributed by atoms with Gasteiger partial charge in [0.25, 0.3) is 6.43 Å². The molecular formula is C43H48F2N8O3. The molecule has 56 heavy (non-hydrogen) atoms. The topological polar surface area (TPSA) is 114 Å². The van der Waals surface area contributed by atoms with Gasteiger partial charge in [-0.2, -0.15) is 5.10 Å². The third-order valence-corrected chi connectivity index (χ3v) is 11.4. The number of halogens is 2. The quantitative estimate of drug-likeness (QED) is 0.126. The first-order valence-corrected chi connectivity index (χ1v) is 19.3. The van der Waals surface area contributed by atoms with Crippen molar-refractivity contribution in [2.24, 2.45) is 0 Å². The number of benzene rings is 3. The molecule has 6 aromatic rings. The van der Waals surface area contributed by atoms with Crippen molar-refractivity contribution in [1.29, 1.82) is 0 Å². The number of ether oxygens (including phenoxy) is 2. The number of alkyl halides is 2. The number of rotatable bonds is 12. The number of aliphatic hydroxyl groups excluding tert-OH is 1. The summed E-state index contributed by atoms with van der Waals surface area (Å²) in [5, 5.41) is 19.2. The van der Waals surface area contributed by atoms with E-state index in [0.29, 0.717) is 53.9 Å². The van der Waals surface area contributed by atoms with E-state index in [2.05, 4.69) is 38.2 Å². The molecule has 1 unspecified atom stereocenters. The number of likely N-dealkylation sites (tertiary alicyclic amines) is 1. The number of anilines is 2. The summed E-state index contributed by atoms with van der Waals surface area (Å²) in [4.78, 5) is 17.8. The van der Waals surface area contributed by atoms with Gasteiger partial charge in [0.2, 0.25) is 0 Å². The highest BCUT2D eigenvalue weighted by Gasteiger charge is 2.25. The van der Waals surface area contributed by atoms with Crippen LogP contribution in [0.2, 0.25) is 0 Å². The van der Waals surface area contributed by atoms with Gasteiger partial charge in [-0.3, -0.25) is 14.8 Å². The Kier molecular flexibility index (Phi) is 10.8. The molecule has 13 heteroatoms. The average molecular weight is 763 g/mol. The largest absolute Gasteiger partial charge is 0.496 e. The summed E-state index contributed by atoms with van der Waals surface area (Å²) in [6.07, 6.45) is 7.32. The number of hydrogen-bond acceptors (Lipinski definition) is 10. The molecule has 3 aromatic carbocycles. The Morgan fingerprint density at radius 2 is 1.70 bits per heavy atom.